The number of nitrogens with one attached hydrogen (secondary N) is 1. The maximum absolute atomic E-state index is 13.0. The second-order valence-electron chi connectivity index (χ2n) is 6.77. The molecule has 150 valence electrons. The average molecular weight is 464 g/mol. The number of benzene rings is 3. The highest BCUT2D eigenvalue weighted by molar-refractivity contribution is 9.10. The number of amides is 1. The standard InChI is InChI=1S/C23H18BrN3O3/c1-15-7-9-18(26-23(29)30-13-16-5-3-2-4-6-16)12-21(15)27-14-25-20-10-8-17(24)11-19(20)22(27)28/h2-12,14H,13H2,1H3,(H,26,29). The zero-order valence-corrected chi connectivity index (χ0v) is 17.7. The predicted octanol–water partition coefficient (Wildman–Crippen LogP) is 5.21. The van der Waals surface area contributed by atoms with E-state index in [9.17, 15) is 9.59 Å². The Kier molecular flexibility index (Phi) is 5.63. The molecule has 1 N–H and O–H groups in total. The largest absolute Gasteiger partial charge is 0.444 e. The van der Waals surface area contributed by atoms with Gasteiger partial charge in [0.25, 0.3) is 5.56 Å². The molecule has 0 spiro atoms. The van der Waals surface area contributed by atoms with Crippen LogP contribution in [0.2, 0.25) is 0 Å². The fraction of sp³-hybridized carbons (Fsp3) is 0.0870. The minimum Gasteiger partial charge on any atom is -0.444 e. The van der Waals surface area contributed by atoms with Crippen molar-refractivity contribution in [1.82, 2.24) is 9.55 Å². The van der Waals surface area contributed by atoms with Gasteiger partial charge in [-0.15, -0.1) is 0 Å². The molecule has 30 heavy (non-hydrogen) atoms. The molecule has 1 aromatic heterocycles. The first-order valence-electron chi connectivity index (χ1n) is 9.27. The van der Waals surface area contributed by atoms with E-state index in [2.05, 4.69) is 26.2 Å². The van der Waals surface area contributed by atoms with Gasteiger partial charge in [0, 0.05) is 10.2 Å². The fourth-order valence-electron chi connectivity index (χ4n) is 3.09. The topological polar surface area (TPSA) is 73.2 Å². The van der Waals surface area contributed by atoms with E-state index < -0.39 is 6.09 Å². The molecule has 1 amide bonds. The Morgan fingerprint density at radius 1 is 1.10 bits per heavy atom. The number of hydrogen-bond donors (Lipinski definition) is 1. The average Bonchev–Trinajstić information content (AvgIpc) is 2.75. The second-order valence-corrected chi connectivity index (χ2v) is 7.68. The van der Waals surface area contributed by atoms with Crippen molar-refractivity contribution in [2.24, 2.45) is 0 Å². The molecule has 0 aliphatic heterocycles. The van der Waals surface area contributed by atoms with E-state index in [1.54, 1.807) is 24.3 Å². The lowest BCUT2D eigenvalue weighted by molar-refractivity contribution is 0.155. The molecule has 0 saturated carbocycles. The van der Waals surface area contributed by atoms with Crippen molar-refractivity contribution < 1.29 is 9.53 Å². The molecule has 0 aliphatic carbocycles. The summed E-state index contributed by atoms with van der Waals surface area (Å²) in [6.45, 7) is 2.07. The summed E-state index contributed by atoms with van der Waals surface area (Å²) >= 11 is 3.39. The summed E-state index contributed by atoms with van der Waals surface area (Å²) in [7, 11) is 0. The molecule has 0 aliphatic rings. The van der Waals surface area contributed by atoms with E-state index in [1.165, 1.54) is 10.9 Å². The summed E-state index contributed by atoms with van der Waals surface area (Å²) in [4.78, 5) is 29.6. The highest BCUT2D eigenvalue weighted by atomic mass is 79.9. The van der Waals surface area contributed by atoms with Crippen LogP contribution < -0.4 is 10.9 Å². The van der Waals surface area contributed by atoms with E-state index >= 15 is 0 Å². The van der Waals surface area contributed by atoms with Gasteiger partial charge < -0.3 is 4.74 Å². The number of carbonyl (C=O) groups is 1. The molecule has 0 radical (unpaired) electrons. The molecular formula is C23H18BrN3O3. The summed E-state index contributed by atoms with van der Waals surface area (Å²) in [5, 5.41) is 3.22. The quantitative estimate of drug-likeness (QED) is 0.450. The highest BCUT2D eigenvalue weighted by Crippen LogP contribution is 2.20. The molecule has 0 fully saturated rings. The summed E-state index contributed by atoms with van der Waals surface area (Å²) in [6.07, 6.45) is 0.930. The van der Waals surface area contributed by atoms with Gasteiger partial charge in [0.1, 0.15) is 12.9 Å². The molecule has 6 nitrogen and oxygen atoms in total. The van der Waals surface area contributed by atoms with Gasteiger partial charge in [0.2, 0.25) is 0 Å². The van der Waals surface area contributed by atoms with Crippen molar-refractivity contribution in [2.75, 3.05) is 5.32 Å². The number of carbonyl (C=O) groups excluding carboxylic acids is 1. The normalized spacial score (nSPS) is 10.7. The van der Waals surface area contributed by atoms with E-state index in [0.29, 0.717) is 22.3 Å². The van der Waals surface area contributed by atoms with Crippen LogP contribution in [-0.4, -0.2) is 15.6 Å². The number of rotatable bonds is 4. The van der Waals surface area contributed by atoms with Gasteiger partial charge in [-0.3, -0.25) is 14.7 Å². The lowest BCUT2D eigenvalue weighted by Gasteiger charge is -2.13. The Bertz CT molecular complexity index is 1290. The number of aryl methyl sites for hydroxylation is 1. The first-order chi connectivity index (χ1) is 14.5. The fourth-order valence-corrected chi connectivity index (χ4v) is 3.45. The smallest absolute Gasteiger partial charge is 0.411 e. The van der Waals surface area contributed by atoms with Crippen molar-refractivity contribution in [1.29, 1.82) is 0 Å². The van der Waals surface area contributed by atoms with E-state index in [-0.39, 0.29) is 12.2 Å². The third kappa shape index (κ3) is 4.26. The minimum atomic E-state index is -0.568. The van der Waals surface area contributed by atoms with Crippen molar-refractivity contribution in [3.05, 3.63) is 99.0 Å². The molecule has 0 saturated heterocycles. The number of ether oxygens (including phenoxy) is 1. The lowest BCUT2D eigenvalue weighted by atomic mass is 10.1. The highest BCUT2D eigenvalue weighted by Gasteiger charge is 2.11. The molecule has 0 unspecified atom stereocenters. The third-order valence-electron chi connectivity index (χ3n) is 4.65. The van der Waals surface area contributed by atoms with Gasteiger partial charge in [-0.2, -0.15) is 0 Å². The first-order valence-corrected chi connectivity index (χ1v) is 10.1. The van der Waals surface area contributed by atoms with Crippen LogP contribution in [0.3, 0.4) is 0 Å². The molecule has 1 heterocycles. The van der Waals surface area contributed by atoms with Gasteiger partial charge >= 0.3 is 6.09 Å². The second kappa shape index (κ2) is 8.51. The monoisotopic (exact) mass is 463 g/mol. The first kappa shape index (κ1) is 19.8. The van der Waals surface area contributed by atoms with Crippen LogP contribution in [0, 0.1) is 6.92 Å². The van der Waals surface area contributed by atoms with Crippen molar-refractivity contribution in [3.8, 4) is 5.69 Å². The Hall–Kier alpha value is -3.45. The van der Waals surface area contributed by atoms with Gasteiger partial charge in [-0.1, -0.05) is 52.3 Å². The lowest BCUT2D eigenvalue weighted by Crippen LogP contribution is -2.20. The number of hydrogen-bond acceptors (Lipinski definition) is 4. The molecule has 4 aromatic rings. The minimum absolute atomic E-state index is 0.175. The summed E-state index contributed by atoms with van der Waals surface area (Å²) in [5.74, 6) is 0. The predicted molar refractivity (Wildman–Crippen MR) is 120 cm³/mol. The Morgan fingerprint density at radius 3 is 2.70 bits per heavy atom. The van der Waals surface area contributed by atoms with Gasteiger partial charge in [-0.05, 0) is 48.4 Å². The van der Waals surface area contributed by atoms with E-state index in [4.69, 9.17) is 4.74 Å². The molecule has 3 aromatic carbocycles. The van der Waals surface area contributed by atoms with Crippen molar-refractivity contribution in [2.45, 2.75) is 13.5 Å². The molecule has 0 atom stereocenters. The van der Waals surface area contributed by atoms with Crippen LogP contribution in [0.5, 0.6) is 0 Å². The number of nitrogens with zero attached hydrogens (tertiary/aromatic N) is 2. The van der Waals surface area contributed by atoms with Crippen LogP contribution in [0.25, 0.3) is 16.6 Å². The molecule has 0 bridgehead atoms. The van der Waals surface area contributed by atoms with Crippen molar-refractivity contribution >= 4 is 38.6 Å². The number of anilines is 1. The van der Waals surface area contributed by atoms with Crippen LogP contribution in [0.4, 0.5) is 10.5 Å². The van der Waals surface area contributed by atoms with E-state index in [0.717, 1.165) is 15.6 Å². The SMILES string of the molecule is Cc1ccc(NC(=O)OCc2ccccc2)cc1-n1cnc2ccc(Br)cc2c1=O. The van der Waals surface area contributed by atoms with Crippen LogP contribution in [0.15, 0.2) is 82.3 Å². The van der Waals surface area contributed by atoms with Gasteiger partial charge in [0.05, 0.1) is 16.6 Å². The molecular weight excluding hydrogens is 446 g/mol. The maximum Gasteiger partial charge on any atom is 0.411 e. The zero-order valence-electron chi connectivity index (χ0n) is 16.1. The summed E-state index contributed by atoms with van der Waals surface area (Å²) in [6, 6.07) is 20.1. The summed E-state index contributed by atoms with van der Waals surface area (Å²) < 4.78 is 7.55. The Balaban J connectivity index is 1.59. The molecule has 4 rings (SSSR count). The van der Waals surface area contributed by atoms with Crippen molar-refractivity contribution in [3.63, 3.8) is 0 Å². The van der Waals surface area contributed by atoms with Crippen LogP contribution in [0.1, 0.15) is 11.1 Å². The van der Waals surface area contributed by atoms with Crippen LogP contribution in [-0.2, 0) is 11.3 Å². The Labute approximate surface area is 181 Å². The number of fused-ring (bicyclic) bond motifs is 1. The third-order valence-corrected chi connectivity index (χ3v) is 5.14. The summed E-state index contributed by atoms with van der Waals surface area (Å²) in [5.41, 5.74) is 3.36. The maximum atomic E-state index is 13.0. The molecule has 7 heteroatoms. The van der Waals surface area contributed by atoms with Gasteiger partial charge in [0.15, 0.2) is 0 Å². The van der Waals surface area contributed by atoms with Gasteiger partial charge in [-0.25, -0.2) is 9.78 Å². The van der Waals surface area contributed by atoms with Crippen LogP contribution >= 0.6 is 15.9 Å². The number of aromatic nitrogens is 2. The zero-order chi connectivity index (χ0) is 21.1. The Morgan fingerprint density at radius 2 is 1.90 bits per heavy atom. The van der Waals surface area contributed by atoms with E-state index in [1.807, 2.05) is 49.4 Å². The number of halogens is 1.